The number of amides is 1. The minimum absolute atomic E-state index is 0.120. The Morgan fingerprint density at radius 3 is 2.46 bits per heavy atom. The number of carbonyl (C=O) groups excluding carboxylic acids is 1. The van der Waals surface area contributed by atoms with Crippen molar-refractivity contribution in [3.05, 3.63) is 93.2 Å². The second-order valence-corrected chi connectivity index (χ2v) is 6.67. The van der Waals surface area contributed by atoms with E-state index < -0.39 is 5.43 Å². The molecule has 0 atom stereocenters. The number of carbonyl (C=O) groups is 1. The summed E-state index contributed by atoms with van der Waals surface area (Å²) in [5.41, 5.74) is 3.42. The normalized spacial score (nSPS) is 10.6. The lowest BCUT2D eigenvalue weighted by Gasteiger charge is -2.13. The van der Waals surface area contributed by atoms with E-state index in [-0.39, 0.29) is 29.8 Å². The molecule has 0 aliphatic rings. The van der Waals surface area contributed by atoms with Crippen LogP contribution in [0, 0.1) is 19.7 Å². The molecule has 3 rings (SSSR count). The number of nitrogens with one attached hydrogen (secondary N) is 1. The third-order valence-corrected chi connectivity index (χ3v) is 4.51. The number of ether oxygens (including phenoxy) is 1. The van der Waals surface area contributed by atoms with E-state index in [1.54, 1.807) is 19.2 Å². The van der Waals surface area contributed by atoms with Crippen LogP contribution in [0.15, 0.2) is 59.5 Å². The number of rotatable bonds is 5. The van der Waals surface area contributed by atoms with Crippen LogP contribution in [0.4, 0.5) is 10.1 Å². The minimum Gasteiger partial charge on any atom is -0.483 e. The van der Waals surface area contributed by atoms with Gasteiger partial charge in [0.25, 0.3) is 5.91 Å². The summed E-state index contributed by atoms with van der Waals surface area (Å²) in [6.07, 6.45) is 1.47. The number of nitrogens with zero attached hydrogens (tertiary/aromatic N) is 1. The molecule has 0 saturated heterocycles. The van der Waals surface area contributed by atoms with E-state index in [1.165, 1.54) is 29.0 Å². The Kier molecular flexibility index (Phi) is 5.59. The van der Waals surface area contributed by atoms with Gasteiger partial charge in [-0.15, -0.1) is 0 Å². The van der Waals surface area contributed by atoms with Gasteiger partial charge in [-0.2, -0.15) is 0 Å². The average molecular weight is 380 g/mol. The summed E-state index contributed by atoms with van der Waals surface area (Å²) >= 11 is 0. The summed E-state index contributed by atoms with van der Waals surface area (Å²) in [7, 11) is 1.67. The first-order valence-corrected chi connectivity index (χ1v) is 8.80. The fourth-order valence-electron chi connectivity index (χ4n) is 2.70. The molecule has 0 bridgehead atoms. The minimum atomic E-state index is -0.398. The molecular formula is C22H21FN2O3. The molecule has 1 N–H and O–H groups in total. The Morgan fingerprint density at radius 2 is 1.79 bits per heavy atom. The van der Waals surface area contributed by atoms with Gasteiger partial charge in [0.05, 0.1) is 6.20 Å². The van der Waals surface area contributed by atoms with Gasteiger partial charge in [-0.25, -0.2) is 4.39 Å². The Bertz CT molecular complexity index is 1070. The van der Waals surface area contributed by atoms with E-state index in [0.717, 1.165) is 16.7 Å². The lowest BCUT2D eigenvalue weighted by molar-refractivity contribution is 0.101. The van der Waals surface area contributed by atoms with Crippen molar-refractivity contribution in [2.45, 2.75) is 20.5 Å². The van der Waals surface area contributed by atoms with Crippen molar-refractivity contribution in [3.63, 3.8) is 0 Å². The number of halogens is 1. The van der Waals surface area contributed by atoms with Gasteiger partial charge in [-0.05, 0) is 54.8 Å². The number of benzene rings is 2. The molecule has 0 spiro atoms. The van der Waals surface area contributed by atoms with E-state index in [9.17, 15) is 14.0 Å². The first kappa shape index (κ1) is 19.4. The van der Waals surface area contributed by atoms with Gasteiger partial charge < -0.3 is 14.6 Å². The van der Waals surface area contributed by atoms with Gasteiger partial charge in [0.1, 0.15) is 18.1 Å². The molecule has 5 nitrogen and oxygen atoms in total. The molecule has 0 unspecified atom stereocenters. The highest BCUT2D eigenvalue weighted by molar-refractivity contribution is 6.03. The van der Waals surface area contributed by atoms with Crippen molar-refractivity contribution < 1.29 is 13.9 Å². The third kappa shape index (κ3) is 4.46. The molecule has 1 aromatic heterocycles. The van der Waals surface area contributed by atoms with Gasteiger partial charge in [0, 0.05) is 18.8 Å². The molecule has 1 amide bonds. The fourth-order valence-corrected chi connectivity index (χ4v) is 2.70. The van der Waals surface area contributed by atoms with E-state index in [4.69, 9.17) is 4.74 Å². The predicted molar refractivity (Wildman–Crippen MR) is 106 cm³/mol. The highest BCUT2D eigenvalue weighted by Crippen LogP contribution is 2.16. The maximum Gasteiger partial charge on any atom is 0.272 e. The second-order valence-electron chi connectivity index (χ2n) is 6.67. The smallest absolute Gasteiger partial charge is 0.272 e. The van der Waals surface area contributed by atoms with Crippen LogP contribution in [0.25, 0.3) is 0 Å². The Hall–Kier alpha value is -3.41. The van der Waals surface area contributed by atoms with Crippen LogP contribution in [-0.4, -0.2) is 10.5 Å². The van der Waals surface area contributed by atoms with Crippen LogP contribution in [0.1, 0.15) is 27.2 Å². The van der Waals surface area contributed by atoms with Crippen LogP contribution in [0.3, 0.4) is 0 Å². The monoisotopic (exact) mass is 380 g/mol. The Morgan fingerprint density at radius 1 is 1.07 bits per heavy atom. The van der Waals surface area contributed by atoms with Crippen LogP contribution < -0.4 is 15.5 Å². The maximum atomic E-state index is 13.0. The quantitative estimate of drug-likeness (QED) is 0.729. The van der Waals surface area contributed by atoms with Gasteiger partial charge in [0.15, 0.2) is 5.75 Å². The summed E-state index contributed by atoms with van der Waals surface area (Å²) in [5, 5.41) is 2.80. The predicted octanol–water partition coefficient (Wildman–Crippen LogP) is 3.97. The van der Waals surface area contributed by atoms with E-state index in [1.807, 2.05) is 32.0 Å². The maximum absolute atomic E-state index is 13.0. The number of hydrogen-bond donors (Lipinski definition) is 1. The Labute approximate surface area is 162 Å². The highest BCUT2D eigenvalue weighted by atomic mass is 19.1. The van der Waals surface area contributed by atoms with Crippen molar-refractivity contribution in [2.24, 2.45) is 7.05 Å². The third-order valence-electron chi connectivity index (χ3n) is 4.51. The first-order valence-electron chi connectivity index (χ1n) is 8.80. The molecular weight excluding hydrogens is 359 g/mol. The van der Waals surface area contributed by atoms with Crippen molar-refractivity contribution in [3.8, 4) is 5.75 Å². The number of aryl methyl sites for hydroxylation is 3. The molecule has 2 aromatic carbocycles. The van der Waals surface area contributed by atoms with E-state index in [0.29, 0.717) is 5.69 Å². The highest BCUT2D eigenvalue weighted by Gasteiger charge is 2.13. The molecule has 0 aliphatic heterocycles. The lowest BCUT2D eigenvalue weighted by atomic mass is 10.1. The standard InChI is InChI=1S/C22H21FN2O3/c1-14-4-9-18(10-15(14)2)24-22(27)19-11-20(26)21(12-25(19)3)28-13-16-5-7-17(23)8-6-16/h4-12H,13H2,1-3H3,(H,24,27). The van der Waals surface area contributed by atoms with Gasteiger partial charge in [-0.1, -0.05) is 18.2 Å². The molecule has 0 fully saturated rings. The number of hydrogen-bond acceptors (Lipinski definition) is 3. The largest absolute Gasteiger partial charge is 0.483 e. The van der Waals surface area contributed by atoms with Gasteiger partial charge in [0.2, 0.25) is 5.43 Å². The van der Waals surface area contributed by atoms with Gasteiger partial charge in [-0.3, -0.25) is 9.59 Å². The van der Waals surface area contributed by atoms with E-state index >= 15 is 0 Å². The van der Waals surface area contributed by atoms with Crippen LogP contribution in [0.2, 0.25) is 0 Å². The van der Waals surface area contributed by atoms with Crippen LogP contribution in [0.5, 0.6) is 5.75 Å². The van der Waals surface area contributed by atoms with Crippen LogP contribution in [-0.2, 0) is 13.7 Å². The summed E-state index contributed by atoms with van der Waals surface area (Å²) in [6.45, 7) is 4.09. The number of pyridine rings is 1. The summed E-state index contributed by atoms with van der Waals surface area (Å²) < 4.78 is 20.0. The number of aromatic nitrogens is 1. The van der Waals surface area contributed by atoms with Crippen molar-refractivity contribution in [2.75, 3.05) is 5.32 Å². The molecule has 144 valence electrons. The molecule has 3 aromatic rings. The first-order chi connectivity index (χ1) is 13.3. The zero-order chi connectivity index (χ0) is 20.3. The van der Waals surface area contributed by atoms with Crippen molar-refractivity contribution >= 4 is 11.6 Å². The summed E-state index contributed by atoms with van der Waals surface area (Å²) in [6, 6.07) is 12.7. The SMILES string of the molecule is Cc1ccc(NC(=O)c2cc(=O)c(OCc3ccc(F)cc3)cn2C)cc1C. The lowest BCUT2D eigenvalue weighted by Crippen LogP contribution is -2.21. The molecule has 0 radical (unpaired) electrons. The second kappa shape index (κ2) is 8.08. The fraction of sp³-hybridized carbons (Fsp3) is 0.182. The molecule has 6 heteroatoms. The zero-order valence-corrected chi connectivity index (χ0v) is 16.0. The molecule has 0 saturated carbocycles. The number of anilines is 1. The van der Waals surface area contributed by atoms with Crippen LogP contribution >= 0.6 is 0 Å². The summed E-state index contributed by atoms with van der Waals surface area (Å²) in [5.74, 6) is -0.596. The zero-order valence-electron chi connectivity index (χ0n) is 16.0. The molecule has 28 heavy (non-hydrogen) atoms. The van der Waals surface area contributed by atoms with E-state index in [2.05, 4.69) is 5.32 Å². The van der Waals surface area contributed by atoms with Crippen molar-refractivity contribution in [1.82, 2.24) is 4.57 Å². The molecule has 0 aliphatic carbocycles. The van der Waals surface area contributed by atoms with Gasteiger partial charge >= 0.3 is 0 Å². The Balaban J connectivity index is 1.75. The molecule has 1 heterocycles. The van der Waals surface area contributed by atoms with Crippen molar-refractivity contribution in [1.29, 1.82) is 0 Å². The summed E-state index contributed by atoms with van der Waals surface area (Å²) in [4.78, 5) is 24.9. The average Bonchev–Trinajstić information content (AvgIpc) is 2.66. The topological polar surface area (TPSA) is 60.3 Å².